The highest BCUT2D eigenvalue weighted by Crippen LogP contribution is 2.34. The molecular formula is C18H26N4O4S. The van der Waals surface area contributed by atoms with Gasteiger partial charge in [-0.2, -0.15) is 4.31 Å². The largest absolute Gasteiger partial charge is 0.380 e. The molecule has 1 aromatic carbocycles. The van der Waals surface area contributed by atoms with Gasteiger partial charge in [-0.1, -0.05) is 6.42 Å². The Morgan fingerprint density at radius 1 is 1.04 bits per heavy atom. The van der Waals surface area contributed by atoms with Crippen LogP contribution >= 0.6 is 0 Å². The van der Waals surface area contributed by atoms with Crippen LogP contribution in [0.4, 0.5) is 11.4 Å². The molecule has 0 aromatic heterocycles. The van der Waals surface area contributed by atoms with E-state index in [9.17, 15) is 18.5 Å². The molecule has 3 aliphatic rings. The number of nitro groups is 1. The monoisotopic (exact) mass is 394 g/mol. The van der Waals surface area contributed by atoms with E-state index in [2.05, 4.69) is 10.2 Å². The van der Waals surface area contributed by atoms with Crippen molar-refractivity contribution in [1.29, 1.82) is 0 Å². The van der Waals surface area contributed by atoms with Gasteiger partial charge in [0.2, 0.25) is 10.0 Å². The Kier molecular flexibility index (Phi) is 5.09. The number of nitrogens with one attached hydrogen (secondary N) is 1. The van der Waals surface area contributed by atoms with Gasteiger partial charge >= 0.3 is 0 Å². The van der Waals surface area contributed by atoms with Crippen LogP contribution in [0.2, 0.25) is 0 Å². The summed E-state index contributed by atoms with van der Waals surface area (Å²) in [5.74, 6) is 0. The van der Waals surface area contributed by atoms with Gasteiger partial charge in [-0.3, -0.25) is 15.0 Å². The van der Waals surface area contributed by atoms with Crippen molar-refractivity contribution in [2.45, 2.75) is 55.5 Å². The summed E-state index contributed by atoms with van der Waals surface area (Å²) in [6.07, 6.45) is 6.14. The zero-order valence-corrected chi connectivity index (χ0v) is 16.2. The van der Waals surface area contributed by atoms with Gasteiger partial charge in [-0.25, -0.2) is 8.42 Å². The molecule has 4 rings (SSSR count). The van der Waals surface area contributed by atoms with Crippen LogP contribution < -0.4 is 5.32 Å². The number of nitrogens with zero attached hydrogens (tertiary/aromatic N) is 3. The molecule has 0 spiro atoms. The predicted molar refractivity (Wildman–Crippen MR) is 102 cm³/mol. The fourth-order valence-electron chi connectivity index (χ4n) is 4.64. The van der Waals surface area contributed by atoms with E-state index in [4.69, 9.17) is 0 Å². The van der Waals surface area contributed by atoms with Gasteiger partial charge in [0, 0.05) is 43.9 Å². The quantitative estimate of drug-likeness (QED) is 0.609. The molecule has 0 bridgehead atoms. The number of non-ortho nitro benzene ring substituents is 1. The molecule has 3 heterocycles. The molecule has 8 nitrogen and oxygen atoms in total. The third kappa shape index (κ3) is 3.55. The first-order chi connectivity index (χ1) is 13.0. The maximum Gasteiger partial charge on any atom is 0.270 e. The minimum atomic E-state index is -3.74. The van der Waals surface area contributed by atoms with Crippen molar-refractivity contribution in [3.63, 3.8) is 0 Å². The summed E-state index contributed by atoms with van der Waals surface area (Å²) in [6.45, 7) is 3.07. The molecule has 2 atom stereocenters. The Morgan fingerprint density at radius 3 is 2.52 bits per heavy atom. The van der Waals surface area contributed by atoms with Crippen molar-refractivity contribution < 1.29 is 13.3 Å². The van der Waals surface area contributed by atoms with Crippen molar-refractivity contribution in [3.8, 4) is 0 Å². The first kappa shape index (κ1) is 18.6. The molecule has 3 saturated heterocycles. The summed E-state index contributed by atoms with van der Waals surface area (Å²) < 4.78 is 27.7. The maximum atomic E-state index is 13.1. The molecular weight excluding hydrogens is 368 g/mol. The minimum Gasteiger partial charge on any atom is -0.380 e. The SMILES string of the molecule is O=[N+]([O-])c1ccc(N[C@H]2CCN3CCCC[C@H]23)c(S(=O)(=O)N2CCCC2)c1. The Hall–Kier alpha value is -1.71. The molecule has 148 valence electrons. The summed E-state index contributed by atoms with van der Waals surface area (Å²) >= 11 is 0. The molecule has 0 radical (unpaired) electrons. The van der Waals surface area contributed by atoms with Crippen LogP contribution in [-0.4, -0.2) is 60.8 Å². The van der Waals surface area contributed by atoms with Gasteiger partial charge in [-0.05, 0) is 44.7 Å². The maximum absolute atomic E-state index is 13.1. The van der Waals surface area contributed by atoms with Crippen LogP contribution in [0.25, 0.3) is 0 Å². The van der Waals surface area contributed by atoms with Gasteiger partial charge in [0.05, 0.1) is 10.6 Å². The van der Waals surface area contributed by atoms with E-state index in [1.54, 1.807) is 6.07 Å². The lowest BCUT2D eigenvalue weighted by Crippen LogP contribution is -2.42. The topological polar surface area (TPSA) is 95.8 Å². The standard InChI is InChI=1S/C18H26N4O4S/c23-22(24)14-6-7-16(18(13-14)27(25,26)21-10-3-4-11-21)19-15-8-12-20-9-2-1-5-17(15)20/h6-7,13,15,17,19H,1-5,8-12H2/t15-,17+/m0/s1. The molecule has 0 amide bonds. The van der Waals surface area contributed by atoms with Crippen LogP contribution in [0.5, 0.6) is 0 Å². The summed E-state index contributed by atoms with van der Waals surface area (Å²) in [5, 5.41) is 14.6. The van der Waals surface area contributed by atoms with E-state index in [1.165, 1.54) is 29.3 Å². The third-order valence-corrected chi connectivity index (χ3v) is 7.99. The molecule has 0 saturated carbocycles. The van der Waals surface area contributed by atoms with E-state index < -0.39 is 14.9 Å². The van der Waals surface area contributed by atoms with Crippen LogP contribution in [0.15, 0.2) is 23.1 Å². The number of piperidine rings is 1. The molecule has 1 aromatic rings. The number of benzene rings is 1. The second-order valence-corrected chi connectivity index (χ2v) is 9.59. The van der Waals surface area contributed by atoms with Crippen molar-refractivity contribution in [2.75, 3.05) is 31.5 Å². The highest BCUT2D eigenvalue weighted by Gasteiger charge is 2.37. The molecule has 3 fully saturated rings. The van der Waals surface area contributed by atoms with Crippen molar-refractivity contribution in [3.05, 3.63) is 28.3 Å². The molecule has 0 aliphatic carbocycles. The van der Waals surface area contributed by atoms with Gasteiger partial charge in [0.15, 0.2) is 0 Å². The zero-order valence-electron chi connectivity index (χ0n) is 15.3. The number of anilines is 1. The van der Waals surface area contributed by atoms with E-state index in [0.29, 0.717) is 24.8 Å². The number of rotatable bonds is 5. The Labute approximate surface area is 159 Å². The average molecular weight is 394 g/mol. The number of sulfonamides is 1. The highest BCUT2D eigenvalue weighted by atomic mass is 32.2. The van der Waals surface area contributed by atoms with E-state index in [0.717, 1.165) is 38.8 Å². The molecule has 27 heavy (non-hydrogen) atoms. The Bertz CT molecular complexity index is 823. The molecule has 3 aliphatic heterocycles. The lowest BCUT2D eigenvalue weighted by atomic mass is 9.99. The lowest BCUT2D eigenvalue weighted by Gasteiger charge is -2.33. The predicted octanol–water partition coefficient (Wildman–Crippen LogP) is 2.42. The second-order valence-electron chi connectivity index (χ2n) is 7.69. The van der Waals surface area contributed by atoms with Crippen LogP contribution in [0.3, 0.4) is 0 Å². The lowest BCUT2D eigenvalue weighted by molar-refractivity contribution is -0.385. The molecule has 0 unspecified atom stereocenters. The number of fused-ring (bicyclic) bond motifs is 1. The van der Waals surface area contributed by atoms with Gasteiger partial charge in [-0.15, -0.1) is 0 Å². The molecule has 1 N–H and O–H groups in total. The summed E-state index contributed by atoms with van der Waals surface area (Å²) in [5.41, 5.74) is 0.300. The summed E-state index contributed by atoms with van der Waals surface area (Å²) in [6, 6.07) is 4.75. The number of nitro benzene ring substituents is 1. The summed E-state index contributed by atoms with van der Waals surface area (Å²) in [4.78, 5) is 13.2. The average Bonchev–Trinajstić information content (AvgIpc) is 3.33. The zero-order chi connectivity index (χ0) is 19.0. The van der Waals surface area contributed by atoms with E-state index in [-0.39, 0.29) is 16.6 Å². The number of hydrogen-bond donors (Lipinski definition) is 1. The fourth-order valence-corrected chi connectivity index (χ4v) is 6.33. The number of hydrogen-bond acceptors (Lipinski definition) is 6. The van der Waals surface area contributed by atoms with Gasteiger partial charge in [0.1, 0.15) is 4.90 Å². The van der Waals surface area contributed by atoms with Crippen molar-refractivity contribution in [2.24, 2.45) is 0 Å². The normalized spacial score (nSPS) is 26.8. The Balaban J connectivity index is 1.66. The highest BCUT2D eigenvalue weighted by molar-refractivity contribution is 7.89. The van der Waals surface area contributed by atoms with Crippen LogP contribution in [-0.2, 0) is 10.0 Å². The van der Waals surface area contributed by atoms with Crippen LogP contribution in [0.1, 0.15) is 38.5 Å². The molecule has 9 heteroatoms. The first-order valence-corrected chi connectivity index (χ1v) is 11.2. The van der Waals surface area contributed by atoms with Crippen LogP contribution in [0, 0.1) is 10.1 Å². The van der Waals surface area contributed by atoms with Gasteiger partial charge in [0.25, 0.3) is 5.69 Å². The van der Waals surface area contributed by atoms with E-state index in [1.807, 2.05) is 0 Å². The smallest absolute Gasteiger partial charge is 0.270 e. The first-order valence-electron chi connectivity index (χ1n) is 9.76. The fraction of sp³-hybridized carbons (Fsp3) is 0.667. The minimum absolute atomic E-state index is 0.0351. The van der Waals surface area contributed by atoms with Crippen molar-refractivity contribution in [1.82, 2.24) is 9.21 Å². The summed E-state index contributed by atoms with van der Waals surface area (Å²) in [7, 11) is -3.74. The van der Waals surface area contributed by atoms with Crippen molar-refractivity contribution >= 4 is 21.4 Å². The second kappa shape index (κ2) is 7.37. The van der Waals surface area contributed by atoms with E-state index >= 15 is 0 Å². The Morgan fingerprint density at radius 2 is 1.78 bits per heavy atom. The third-order valence-electron chi connectivity index (χ3n) is 6.06. The van der Waals surface area contributed by atoms with Gasteiger partial charge < -0.3 is 5.32 Å².